The lowest BCUT2D eigenvalue weighted by Crippen LogP contribution is -2.58. The summed E-state index contributed by atoms with van der Waals surface area (Å²) in [6, 6.07) is 32.0. The third-order valence-electron chi connectivity index (χ3n) is 10.5. The maximum absolute atomic E-state index is 16.8. The van der Waals surface area contributed by atoms with E-state index in [4.69, 9.17) is 33.2 Å². The van der Waals surface area contributed by atoms with Gasteiger partial charge in [0.05, 0.1) is 45.7 Å². The van der Waals surface area contributed by atoms with Crippen LogP contribution in [0, 0.1) is 11.8 Å². The molecule has 286 valence electrons. The number of hydrogen-bond donors (Lipinski definition) is 1. The number of carbonyl (C=O) groups is 1. The first-order valence-corrected chi connectivity index (χ1v) is 18.5. The molecule has 2 aliphatic heterocycles. The van der Waals surface area contributed by atoms with E-state index in [1.165, 1.54) is 0 Å². The van der Waals surface area contributed by atoms with Crippen LogP contribution in [0.1, 0.15) is 40.3 Å². The fraction of sp³-hybridized carbons (Fsp3) is 0.419. The van der Waals surface area contributed by atoms with Crippen LogP contribution in [0.15, 0.2) is 103 Å². The van der Waals surface area contributed by atoms with E-state index >= 15 is 8.78 Å². The highest BCUT2D eigenvalue weighted by atomic mass is 19.3. The molecule has 0 aromatic heterocycles. The molecule has 1 saturated heterocycles. The van der Waals surface area contributed by atoms with Crippen molar-refractivity contribution in [3.05, 3.63) is 131 Å². The average molecular weight is 744 g/mol. The highest BCUT2D eigenvalue weighted by molar-refractivity contribution is 5.59. The van der Waals surface area contributed by atoms with Crippen LogP contribution in [0.2, 0.25) is 0 Å². The van der Waals surface area contributed by atoms with Gasteiger partial charge in [0.25, 0.3) is 5.92 Å². The van der Waals surface area contributed by atoms with Crippen molar-refractivity contribution >= 4 is 6.29 Å². The second-order valence-electron chi connectivity index (χ2n) is 14.1. The van der Waals surface area contributed by atoms with Crippen molar-refractivity contribution in [1.29, 1.82) is 0 Å². The van der Waals surface area contributed by atoms with E-state index in [1.54, 1.807) is 7.11 Å². The Kier molecular flexibility index (Phi) is 12.6. The predicted octanol–water partition coefficient (Wildman–Crippen LogP) is 6.86. The van der Waals surface area contributed by atoms with Crippen molar-refractivity contribution in [2.45, 2.75) is 69.0 Å². The van der Waals surface area contributed by atoms with Crippen LogP contribution in [0.25, 0.3) is 0 Å². The van der Waals surface area contributed by atoms with E-state index < -0.39 is 48.8 Å². The normalized spacial score (nSPS) is 24.9. The van der Waals surface area contributed by atoms with Gasteiger partial charge in [-0.05, 0) is 46.4 Å². The Balaban J connectivity index is 1.14. The summed E-state index contributed by atoms with van der Waals surface area (Å²) >= 11 is 0. The molecule has 1 aliphatic carbocycles. The maximum Gasteiger partial charge on any atom is 0.285 e. The Hall–Kier alpha value is -4.23. The summed E-state index contributed by atoms with van der Waals surface area (Å²) in [6.45, 7) is 0.313. The number of hydrogen-bond acceptors (Lipinski definition) is 9. The molecule has 54 heavy (non-hydrogen) atoms. The fourth-order valence-electron chi connectivity index (χ4n) is 7.66. The smallest absolute Gasteiger partial charge is 0.285 e. The number of methoxy groups -OCH3 is 1. The molecule has 0 amide bonds. The number of aldehydes is 1. The highest BCUT2D eigenvalue weighted by Gasteiger charge is 2.51. The summed E-state index contributed by atoms with van der Waals surface area (Å²) in [5, 5.41) is 3.15. The molecule has 4 aromatic rings. The SMILES string of the molecule is COCC1C(NCC(F)(F)C2CC(OCc3ccccc3)[C@H](OCc3ccccc3)C(COCc3ccccc3)O2)c2cc3c(cc2C[C@H]1C=O)OCO3. The number of carbonyl (C=O) groups excluding carboxylic acids is 1. The van der Waals surface area contributed by atoms with E-state index in [9.17, 15) is 4.79 Å². The molecule has 7 rings (SSSR count). The lowest BCUT2D eigenvalue weighted by molar-refractivity contribution is -0.261. The molecule has 9 nitrogen and oxygen atoms in total. The minimum Gasteiger partial charge on any atom is -0.454 e. The minimum absolute atomic E-state index is 0.0136. The highest BCUT2D eigenvalue weighted by Crippen LogP contribution is 2.45. The number of ether oxygens (including phenoxy) is 7. The van der Waals surface area contributed by atoms with Gasteiger partial charge in [0, 0.05) is 31.4 Å². The summed E-state index contributed by atoms with van der Waals surface area (Å²) < 4.78 is 75.6. The van der Waals surface area contributed by atoms with Gasteiger partial charge in [0.15, 0.2) is 11.5 Å². The first-order valence-electron chi connectivity index (χ1n) is 18.5. The van der Waals surface area contributed by atoms with Crippen LogP contribution in [-0.4, -0.2) is 70.3 Å². The molecule has 0 spiro atoms. The number of nitrogens with one attached hydrogen (secondary N) is 1. The third-order valence-corrected chi connectivity index (χ3v) is 10.5. The fourth-order valence-corrected chi connectivity index (χ4v) is 7.66. The standard InChI is InChI=1S/C43H47F2NO8/c1-48-25-35-33(21-47)17-32-18-36-37(53-28-52-36)19-34(32)41(35)46-27-43(44,45)40-20-38(50-23-30-13-7-3-8-14-30)42(51-24-31-15-9-4-10-16-31)39(54-40)26-49-22-29-11-5-2-6-12-29/h2-16,18-19,21,33,35,38-42,46H,17,20,22-28H2,1H3/t33-,35?,38?,39?,40?,41?,42-/m0/s1. The van der Waals surface area contributed by atoms with Gasteiger partial charge >= 0.3 is 0 Å². The third kappa shape index (κ3) is 9.17. The van der Waals surface area contributed by atoms with Crippen LogP contribution in [-0.2, 0) is 54.7 Å². The van der Waals surface area contributed by atoms with Gasteiger partial charge in [0.1, 0.15) is 24.6 Å². The van der Waals surface area contributed by atoms with Crippen LogP contribution in [0.4, 0.5) is 8.78 Å². The van der Waals surface area contributed by atoms with Gasteiger partial charge in [-0.3, -0.25) is 0 Å². The Morgan fingerprint density at radius 2 is 1.43 bits per heavy atom. The Morgan fingerprint density at radius 1 is 0.815 bits per heavy atom. The molecule has 0 radical (unpaired) electrons. The van der Waals surface area contributed by atoms with Crippen molar-refractivity contribution in [3.8, 4) is 11.5 Å². The van der Waals surface area contributed by atoms with E-state index in [0.717, 1.165) is 34.1 Å². The first kappa shape index (κ1) is 38.1. The molecule has 0 saturated carbocycles. The number of benzene rings is 4. The van der Waals surface area contributed by atoms with Crippen molar-refractivity contribution in [1.82, 2.24) is 5.32 Å². The lowest BCUT2D eigenvalue weighted by Gasteiger charge is -2.44. The molecular weight excluding hydrogens is 696 g/mol. The van der Waals surface area contributed by atoms with E-state index in [2.05, 4.69) is 5.32 Å². The Bertz CT molecular complexity index is 1780. The molecule has 1 N–H and O–H groups in total. The Labute approximate surface area is 314 Å². The number of fused-ring (bicyclic) bond motifs is 2. The van der Waals surface area contributed by atoms with Crippen molar-refractivity contribution < 1.29 is 46.7 Å². The number of rotatable bonds is 17. The van der Waals surface area contributed by atoms with Gasteiger partial charge in [-0.15, -0.1) is 0 Å². The molecule has 11 heteroatoms. The van der Waals surface area contributed by atoms with E-state index in [1.807, 2.05) is 103 Å². The summed E-state index contributed by atoms with van der Waals surface area (Å²) in [5.41, 5.74) is 4.44. The monoisotopic (exact) mass is 743 g/mol. The zero-order valence-electron chi connectivity index (χ0n) is 30.3. The summed E-state index contributed by atoms with van der Waals surface area (Å²) in [7, 11) is 1.55. The van der Waals surface area contributed by atoms with Gasteiger partial charge in [-0.2, -0.15) is 0 Å². The lowest BCUT2D eigenvalue weighted by atomic mass is 9.73. The molecule has 5 unspecified atom stereocenters. The second-order valence-corrected chi connectivity index (χ2v) is 14.1. The number of alkyl halides is 2. The van der Waals surface area contributed by atoms with Crippen LogP contribution in [0.5, 0.6) is 11.5 Å². The molecule has 2 heterocycles. The molecule has 7 atom stereocenters. The molecule has 3 aliphatic rings. The minimum atomic E-state index is -3.36. The van der Waals surface area contributed by atoms with E-state index in [0.29, 0.717) is 17.9 Å². The van der Waals surface area contributed by atoms with Gasteiger partial charge in [0.2, 0.25) is 6.79 Å². The summed E-state index contributed by atoms with van der Waals surface area (Å²) in [4.78, 5) is 12.3. The Morgan fingerprint density at radius 3 is 2.06 bits per heavy atom. The van der Waals surface area contributed by atoms with Gasteiger partial charge in [-0.25, -0.2) is 8.78 Å². The molecular formula is C43H47F2NO8. The zero-order chi connectivity index (χ0) is 37.3. The average Bonchev–Trinajstić information content (AvgIpc) is 3.66. The number of halogens is 2. The van der Waals surface area contributed by atoms with Crippen molar-refractivity contribution in [3.63, 3.8) is 0 Å². The zero-order valence-corrected chi connectivity index (χ0v) is 30.3. The van der Waals surface area contributed by atoms with Crippen LogP contribution in [0.3, 0.4) is 0 Å². The second kappa shape index (κ2) is 17.9. The maximum atomic E-state index is 16.8. The first-order chi connectivity index (χ1) is 26.4. The van der Waals surface area contributed by atoms with Gasteiger partial charge in [-0.1, -0.05) is 91.0 Å². The quantitative estimate of drug-likeness (QED) is 0.117. The summed E-state index contributed by atoms with van der Waals surface area (Å²) in [6.07, 6.45) is -2.61. The largest absolute Gasteiger partial charge is 0.454 e. The molecule has 0 bridgehead atoms. The topological polar surface area (TPSA) is 93.7 Å². The van der Waals surface area contributed by atoms with Crippen molar-refractivity contribution in [2.24, 2.45) is 11.8 Å². The van der Waals surface area contributed by atoms with E-state index in [-0.39, 0.29) is 52.2 Å². The predicted molar refractivity (Wildman–Crippen MR) is 196 cm³/mol. The van der Waals surface area contributed by atoms with Crippen LogP contribution < -0.4 is 14.8 Å². The van der Waals surface area contributed by atoms with Crippen molar-refractivity contribution in [2.75, 3.05) is 33.7 Å². The summed E-state index contributed by atoms with van der Waals surface area (Å²) in [5.74, 6) is -3.07. The van der Waals surface area contributed by atoms with Crippen LogP contribution >= 0.6 is 0 Å². The van der Waals surface area contributed by atoms with Gasteiger partial charge < -0.3 is 43.3 Å². The molecule has 1 fully saturated rings. The molecule has 4 aromatic carbocycles.